The van der Waals surface area contributed by atoms with Gasteiger partial charge in [-0.25, -0.2) is 4.98 Å². The third kappa shape index (κ3) is 3.60. The molecule has 0 aliphatic heterocycles. The van der Waals surface area contributed by atoms with E-state index in [-0.39, 0.29) is 5.91 Å². The molecule has 0 unspecified atom stereocenters. The normalized spacial score (nSPS) is 10.9. The van der Waals surface area contributed by atoms with E-state index in [0.29, 0.717) is 30.2 Å². The average molecular weight is 416 g/mol. The number of imidazole rings is 1. The Morgan fingerprint density at radius 2 is 2.08 bits per heavy atom. The van der Waals surface area contributed by atoms with Crippen molar-refractivity contribution in [1.29, 1.82) is 0 Å². The molecule has 136 valence electrons. The maximum absolute atomic E-state index is 13.1. The number of hydrogen-bond acceptors (Lipinski definition) is 3. The van der Waals surface area contributed by atoms with Crippen LogP contribution in [0.4, 0.5) is 5.69 Å². The standard InChI is InChI=1S/C20H22BrN3O2/c1-4-10-26-17-9-7-6-8-16(17)23-20(25)18-15(5-2)22-19-14(21)11-13(3)12-24(18)19/h6-9,11-12H,4-5,10H2,1-3H3,(H,23,25). The molecule has 0 saturated carbocycles. The number of rotatable bonds is 6. The second-order valence-corrected chi connectivity index (χ2v) is 6.97. The summed E-state index contributed by atoms with van der Waals surface area (Å²) >= 11 is 3.55. The average Bonchev–Trinajstić information content (AvgIpc) is 3.00. The van der Waals surface area contributed by atoms with Gasteiger partial charge in [0.05, 0.1) is 22.5 Å². The maximum atomic E-state index is 13.1. The summed E-state index contributed by atoms with van der Waals surface area (Å²) in [6.45, 7) is 6.64. The first-order chi connectivity index (χ1) is 12.5. The number of hydrogen-bond donors (Lipinski definition) is 1. The van der Waals surface area contributed by atoms with Crippen molar-refractivity contribution in [1.82, 2.24) is 9.38 Å². The summed E-state index contributed by atoms with van der Waals surface area (Å²) in [5.41, 5.74) is 3.77. The molecule has 3 aromatic rings. The van der Waals surface area contributed by atoms with Gasteiger partial charge in [0.15, 0.2) is 5.65 Å². The highest BCUT2D eigenvalue weighted by molar-refractivity contribution is 9.10. The lowest BCUT2D eigenvalue weighted by Gasteiger charge is -2.12. The lowest BCUT2D eigenvalue weighted by Crippen LogP contribution is -2.17. The summed E-state index contributed by atoms with van der Waals surface area (Å²) in [6, 6.07) is 9.48. The van der Waals surface area contributed by atoms with Gasteiger partial charge in [-0.1, -0.05) is 26.0 Å². The van der Waals surface area contributed by atoms with E-state index >= 15 is 0 Å². The molecule has 1 aromatic carbocycles. The van der Waals surface area contributed by atoms with Crippen LogP contribution < -0.4 is 10.1 Å². The molecule has 0 aliphatic carbocycles. The van der Waals surface area contributed by atoms with Crippen LogP contribution in [0.2, 0.25) is 0 Å². The molecule has 0 fully saturated rings. The van der Waals surface area contributed by atoms with Crippen molar-refractivity contribution >= 4 is 33.2 Å². The van der Waals surface area contributed by atoms with Gasteiger partial charge in [0.25, 0.3) is 5.91 Å². The van der Waals surface area contributed by atoms with E-state index in [2.05, 4.69) is 26.2 Å². The minimum Gasteiger partial charge on any atom is -0.491 e. The Bertz CT molecular complexity index is 950. The van der Waals surface area contributed by atoms with Crippen molar-refractivity contribution in [3.05, 3.63) is 58.0 Å². The molecule has 3 rings (SSSR count). The van der Waals surface area contributed by atoms with Gasteiger partial charge in [-0.3, -0.25) is 9.20 Å². The van der Waals surface area contributed by atoms with Gasteiger partial charge in [0, 0.05) is 6.20 Å². The Morgan fingerprint density at radius 3 is 2.81 bits per heavy atom. The predicted octanol–water partition coefficient (Wildman–Crippen LogP) is 5.01. The molecule has 0 bridgehead atoms. The molecule has 2 aromatic heterocycles. The van der Waals surface area contributed by atoms with Crippen molar-refractivity contribution < 1.29 is 9.53 Å². The molecule has 0 aliphatic rings. The second kappa shape index (κ2) is 7.91. The first-order valence-corrected chi connectivity index (χ1v) is 9.54. The molecule has 5 nitrogen and oxygen atoms in total. The number of amides is 1. The summed E-state index contributed by atoms with van der Waals surface area (Å²) in [7, 11) is 0. The minimum absolute atomic E-state index is 0.195. The van der Waals surface area contributed by atoms with Crippen LogP contribution in [0.25, 0.3) is 5.65 Å². The van der Waals surface area contributed by atoms with Crippen molar-refractivity contribution in [2.75, 3.05) is 11.9 Å². The number of halogens is 1. The fourth-order valence-electron chi connectivity index (χ4n) is 2.86. The quantitative estimate of drug-likeness (QED) is 0.615. The highest BCUT2D eigenvalue weighted by atomic mass is 79.9. The van der Waals surface area contributed by atoms with Crippen molar-refractivity contribution in [2.24, 2.45) is 0 Å². The Morgan fingerprint density at radius 1 is 1.31 bits per heavy atom. The van der Waals surface area contributed by atoms with E-state index in [1.54, 1.807) is 0 Å². The Balaban J connectivity index is 2.01. The number of para-hydroxylation sites is 2. The fourth-order valence-corrected chi connectivity index (χ4v) is 3.50. The summed E-state index contributed by atoms with van der Waals surface area (Å²) in [6.07, 6.45) is 3.51. The van der Waals surface area contributed by atoms with Crippen LogP contribution in [-0.2, 0) is 6.42 Å². The van der Waals surface area contributed by atoms with Crippen LogP contribution in [0.5, 0.6) is 5.75 Å². The van der Waals surface area contributed by atoms with Crippen LogP contribution in [0.15, 0.2) is 41.0 Å². The van der Waals surface area contributed by atoms with Gasteiger partial charge in [-0.05, 0) is 59.5 Å². The van der Waals surface area contributed by atoms with Crippen LogP contribution >= 0.6 is 15.9 Å². The monoisotopic (exact) mass is 415 g/mol. The molecule has 0 atom stereocenters. The smallest absolute Gasteiger partial charge is 0.274 e. The fraction of sp³-hybridized carbons (Fsp3) is 0.300. The van der Waals surface area contributed by atoms with Crippen LogP contribution in [0.3, 0.4) is 0 Å². The molecule has 1 amide bonds. The summed E-state index contributed by atoms with van der Waals surface area (Å²) in [5, 5.41) is 2.99. The number of anilines is 1. The van der Waals surface area contributed by atoms with Gasteiger partial charge in [0.1, 0.15) is 11.4 Å². The lowest BCUT2D eigenvalue weighted by molar-refractivity contribution is 0.102. The summed E-state index contributed by atoms with van der Waals surface area (Å²) in [5.74, 6) is 0.478. The molecule has 0 radical (unpaired) electrons. The first-order valence-electron chi connectivity index (χ1n) is 8.75. The van der Waals surface area contributed by atoms with E-state index in [1.807, 2.05) is 61.7 Å². The minimum atomic E-state index is -0.195. The second-order valence-electron chi connectivity index (χ2n) is 6.12. The predicted molar refractivity (Wildman–Crippen MR) is 107 cm³/mol. The van der Waals surface area contributed by atoms with Gasteiger partial charge in [0.2, 0.25) is 0 Å². The topological polar surface area (TPSA) is 55.6 Å². The molecule has 2 heterocycles. The number of aryl methyl sites for hydroxylation is 2. The third-order valence-electron chi connectivity index (χ3n) is 4.03. The zero-order valence-electron chi connectivity index (χ0n) is 15.2. The SMILES string of the molecule is CCCOc1ccccc1NC(=O)c1c(CC)nc2c(Br)cc(C)cn12. The number of ether oxygens (including phenoxy) is 1. The van der Waals surface area contributed by atoms with E-state index in [0.717, 1.165) is 27.8 Å². The molecule has 26 heavy (non-hydrogen) atoms. The third-order valence-corrected chi connectivity index (χ3v) is 4.61. The highest BCUT2D eigenvalue weighted by Gasteiger charge is 2.21. The van der Waals surface area contributed by atoms with E-state index in [1.165, 1.54) is 0 Å². The van der Waals surface area contributed by atoms with Crippen molar-refractivity contribution in [3.8, 4) is 5.75 Å². The zero-order valence-corrected chi connectivity index (χ0v) is 16.8. The molecular formula is C20H22BrN3O2. The van der Waals surface area contributed by atoms with Gasteiger partial charge >= 0.3 is 0 Å². The number of pyridine rings is 1. The molecule has 0 saturated heterocycles. The number of fused-ring (bicyclic) bond motifs is 1. The molecule has 0 spiro atoms. The first kappa shape index (κ1) is 18.5. The highest BCUT2D eigenvalue weighted by Crippen LogP contribution is 2.27. The van der Waals surface area contributed by atoms with Gasteiger partial charge < -0.3 is 10.1 Å². The Labute approximate surface area is 161 Å². The molecular weight excluding hydrogens is 394 g/mol. The number of aromatic nitrogens is 2. The number of benzene rings is 1. The molecule has 6 heteroatoms. The van der Waals surface area contributed by atoms with Crippen LogP contribution in [0, 0.1) is 6.92 Å². The number of carbonyl (C=O) groups is 1. The van der Waals surface area contributed by atoms with E-state index < -0.39 is 0 Å². The lowest BCUT2D eigenvalue weighted by atomic mass is 10.2. The Kier molecular flexibility index (Phi) is 5.61. The number of nitrogens with one attached hydrogen (secondary N) is 1. The van der Waals surface area contributed by atoms with Crippen molar-refractivity contribution in [3.63, 3.8) is 0 Å². The zero-order chi connectivity index (χ0) is 18.7. The van der Waals surface area contributed by atoms with Crippen molar-refractivity contribution in [2.45, 2.75) is 33.6 Å². The van der Waals surface area contributed by atoms with Gasteiger partial charge in [-0.15, -0.1) is 0 Å². The largest absolute Gasteiger partial charge is 0.491 e. The number of nitrogens with zero attached hydrogens (tertiary/aromatic N) is 2. The van der Waals surface area contributed by atoms with Gasteiger partial charge in [-0.2, -0.15) is 0 Å². The molecule has 1 N–H and O–H groups in total. The van der Waals surface area contributed by atoms with E-state index in [4.69, 9.17) is 4.74 Å². The Hall–Kier alpha value is -2.34. The summed E-state index contributed by atoms with van der Waals surface area (Å²) in [4.78, 5) is 17.7. The maximum Gasteiger partial charge on any atom is 0.274 e. The van der Waals surface area contributed by atoms with Crippen LogP contribution in [-0.4, -0.2) is 21.9 Å². The summed E-state index contributed by atoms with van der Waals surface area (Å²) < 4.78 is 8.47. The van der Waals surface area contributed by atoms with Crippen LogP contribution in [0.1, 0.15) is 42.0 Å². The number of carbonyl (C=O) groups excluding carboxylic acids is 1. The van der Waals surface area contributed by atoms with E-state index in [9.17, 15) is 4.79 Å².